The maximum absolute atomic E-state index is 13.1. The number of anilines is 1. The number of aryl methyl sites for hydroxylation is 1. The first-order valence-electron chi connectivity index (χ1n) is 10.6. The van der Waals surface area contributed by atoms with Gasteiger partial charge in [0.2, 0.25) is 5.43 Å². The molecule has 0 spiro atoms. The van der Waals surface area contributed by atoms with Crippen LogP contribution < -0.4 is 15.6 Å². The summed E-state index contributed by atoms with van der Waals surface area (Å²) < 4.78 is 45.9. The van der Waals surface area contributed by atoms with Gasteiger partial charge in [0.15, 0.2) is 5.69 Å². The van der Waals surface area contributed by atoms with E-state index in [4.69, 9.17) is 4.74 Å². The van der Waals surface area contributed by atoms with E-state index in [-0.39, 0.29) is 12.2 Å². The van der Waals surface area contributed by atoms with E-state index < -0.39 is 28.8 Å². The molecule has 34 heavy (non-hydrogen) atoms. The van der Waals surface area contributed by atoms with E-state index in [1.54, 1.807) is 12.3 Å². The Morgan fingerprint density at radius 2 is 1.91 bits per heavy atom. The zero-order chi connectivity index (χ0) is 24.3. The molecule has 1 amide bonds. The fourth-order valence-electron chi connectivity index (χ4n) is 3.67. The van der Waals surface area contributed by atoms with E-state index in [0.29, 0.717) is 37.8 Å². The Morgan fingerprint density at radius 3 is 2.65 bits per heavy atom. The smallest absolute Gasteiger partial charge is 0.378 e. The average molecular weight is 473 g/mol. The molecule has 1 saturated heterocycles. The first kappa shape index (κ1) is 23.4. The van der Waals surface area contributed by atoms with Gasteiger partial charge in [-0.3, -0.25) is 9.59 Å². The summed E-state index contributed by atoms with van der Waals surface area (Å²) in [6.07, 6.45) is -2.88. The fraction of sp³-hybridized carbons (Fsp3) is 0.304. The highest BCUT2D eigenvalue weighted by Gasteiger charge is 2.30. The minimum Gasteiger partial charge on any atom is -0.378 e. The second-order valence-electron chi connectivity index (χ2n) is 7.73. The Bertz CT molecular complexity index is 1250. The van der Waals surface area contributed by atoms with Gasteiger partial charge in [-0.25, -0.2) is 9.67 Å². The number of nitrogens with zero attached hydrogens (tertiary/aromatic N) is 4. The summed E-state index contributed by atoms with van der Waals surface area (Å²) in [5.74, 6) is -0.0214. The molecule has 11 heteroatoms. The Morgan fingerprint density at radius 1 is 1.15 bits per heavy atom. The van der Waals surface area contributed by atoms with Crippen LogP contribution in [0.1, 0.15) is 27.3 Å². The van der Waals surface area contributed by atoms with E-state index in [1.807, 2.05) is 6.07 Å². The van der Waals surface area contributed by atoms with Crippen molar-refractivity contribution in [2.24, 2.45) is 0 Å². The van der Waals surface area contributed by atoms with Crippen molar-refractivity contribution >= 4 is 11.7 Å². The SMILES string of the molecule is Cc1cc(=O)c(C(=O)NCc2cccnc2N2CCOCC2)nn1-c1cccc(C(F)(F)F)c1. The van der Waals surface area contributed by atoms with Gasteiger partial charge < -0.3 is 15.0 Å². The van der Waals surface area contributed by atoms with Gasteiger partial charge in [-0.2, -0.15) is 18.3 Å². The van der Waals surface area contributed by atoms with Gasteiger partial charge in [0, 0.05) is 43.2 Å². The lowest BCUT2D eigenvalue weighted by Crippen LogP contribution is -2.38. The number of rotatable bonds is 5. The van der Waals surface area contributed by atoms with Crippen molar-refractivity contribution in [3.63, 3.8) is 0 Å². The van der Waals surface area contributed by atoms with Crippen molar-refractivity contribution in [1.29, 1.82) is 0 Å². The Hall–Kier alpha value is -3.73. The third-order valence-corrected chi connectivity index (χ3v) is 5.36. The zero-order valence-electron chi connectivity index (χ0n) is 18.3. The highest BCUT2D eigenvalue weighted by molar-refractivity contribution is 5.92. The zero-order valence-corrected chi connectivity index (χ0v) is 18.3. The minimum absolute atomic E-state index is 0.0863. The molecule has 0 saturated carbocycles. The molecule has 178 valence electrons. The third-order valence-electron chi connectivity index (χ3n) is 5.36. The van der Waals surface area contributed by atoms with Gasteiger partial charge in [-0.05, 0) is 31.2 Å². The molecular weight excluding hydrogens is 451 g/mol. The van der Waals surface area contributed by atoms with E-state index >= 15 is 0 Å². The predicted molar refractivity (Wildman–Crippen MR) is 118 cm³/mol. The number of halogens is 3. The number of morpholine rings is 1. The lowest BCUT2D eigenvalue weighted by atomic mass is 10.2. The van der Waals surface area contributed by atoms with Gasteiger partial charge in [-0.15, -0.1) is 0 Å². The molecule has 0 aliphatic carbocycles. The topological polar surface area (TPSA) is 89.3 Å². The van der Waals surface area contributed by atoms with Gasteiger partial charge in [0.05, 0.1) is 24.5 Å². The van der Waals surface area contributed by atoms with Crippen LogP contribution in [0.25, 0.3) is 5.69 Å². The molecule has 1 aliphatic heterocycles. The second-order valence-corrected chi connectivity index (χ2v) is 7.73. The molecule has 1 fully saturated rings. The number of benzene rings is 1. The summed E-state index contributed by atoms with van der Waals surface area (Å²) in [7, 11) is 0. The summed E-state index contributed by atoms with van der Waals surface area (Å²) in [6, 6.07) is 9.26. The molecule has 3 heterocycles. The number of hydrogen-bond acceptors (Lipinski definition) is 6. The van der Waals surface area contributed by atoms with Crippen molar-refractivity contribution in [2.75, 3.05) is 31.2 Å². The molecule has 1 N–H and O–H groups in total. The molecule has 0 bridgehead atoms. The molecule has 2 aromatic heterocycles. The van der Waals surface area contributed by atoms with E-state index in [2.05, 4.69) is 20.3 Å². The van der Waals surface area contributed by atoms with Crippen molar-refractivity contribution in [3.8, 4) is 5.69 Å². The maximum atomic E-state index is 13.1. The summed E-state index contributed by atoms with van der Waals surface area (Å²) in [5, 5.41) is 6.75. The average Bonchev–Trinajstić information content (AvgIpc) is 2.83. The molecule has 3 aromatic rings. The van der Waals surface area contributed by atoms with E-state index in [9.17, 15) is 22.8 Å². The molecule has 1 aliphatic rings. The first-order chi connectivity index (χ1) is 16.2. The van der Waals surface area contributed by atoms with Crippen molar-refractivity contribution in [1.82, 2.24) is 20.1 Å². The summed E-state index contributed by atoms with van der Waals surface area (Å²) in [4.78, 5) is 31.8. The van der Waals surface area contributed by atoms with Crippen LogP contribution in [0.3, 0.4) is 0 Å². The Kier molecular flexibility index (Phi) is 6.64. The third kappa shape index (κ3) is 5.09. The first-order valence-corrected chi connectivity index (χ1v) is 10.6. The molecule has 4 rings (SSSR count). The van der Waals surface area contributed by atoms with Gasteiger partial charge in [0.1, 0.15) is 5.82 Å². The van der Waals surface area contributed by atoms with Crippen molar-refractivity contribution in [2.45, 2.75) is 19.6 Å². The summed E-state index contributed by atoms with van der Waals surface area (Å²) in [6.45, 7) is 4.10. The lowest BCUT2D eigenvalue weighted by Gasteiger charge is -2.29. The highest BCUT2D eigenvalue weighted by atomic mass is 19.4. The highest BCUT2D eigenvalue weighted by Crippen LogP contribution is 2.30. The van der Waals surface area contributed by atoms with Crippen molar-refractivity contribution in [3.05, 3.63) is 81.4 Å². The number of aromatic nitrogens is 3. The number of nitrogens with one attached hydrogen (secondary N) is 1. The number of ether oxygens (including phenoxy) is 1. The predicted octanol–water partition coefficient (Wildman–Crippen LogP) is 2.72. The number of carbonyl (C=O) groups excluding carboxylic acids is 1. The van der Waals surface area contributed by atoms with Crippen LogP contribution in [-0.2, 0) is 17.5 Å². The number of carbonyl (C=O) groups is 1. The number of alkyl halides is 3. The molecule has 0 atom stereocenters. The van der Waals surface area contributed by atoms with Crippen LogP contribution in [0.4, 0.5) is 19.0 Å². The largest absolute Gasteiger partial charge is 0.416 e. The lowest BCUT2D eigenvalue weighted by molar-refractivity contribution is -0.137. The monoisotopic (exact) mass is 473 g/mol. The van der Waals surface area contributed by atoms with Crippen LogP contribution in [0.5, 0.6) is 0 Å². The quantitative estimate of drug-likeness (QED) is 0.613. The van der Waals surface area contributed by atoms with Crippen LogP contribution in [0.2, 0.25) is 0 Å². The van der Waals surface area contributed by atoms with Gasteiger partial charge in [0.25, 0.3) is 5.91 Å². The Balaban J connectivity index is 1.58. The molecule has 8 nitrogen and oxygen atoms in total. The normalized spacial score (nSPS) is 14.2. The second kappa shape index (κ2) is 9.64. The Labute approximate surface area is 193 Å². The minimum atomic E-state index is -4.54. The maximum Gasteiger partial charge on any atom is 0.416 e. The standard InChI is InChI=1S/C23H22F3N5O3/c1-15-12-19(32)20(29-31(15)18-6-2-5-17(13-18)23(24,25)26)22(33)28-14-16-4-3-7-27-21(16)30-8-10-34-11-9-30/h2-7,12-13H,8-11,14H2,1H3,(H,28,33). The molecule has 0 radical (unpaired) electrons. The number of amides is 1. The van der Waals surface area contributed by atoms with Crippen LogP contribution in [0.15, 0.2) is 53.5 Å². The van der Waals surface area contributed by atoms with Crippen LogP contribution >= 0.6 is 0 Å². The van der Waals surface area contributed by atoms with E-state index in [0.717, 1.165) is 22.4 Å². The molecule has 0 unspecified atom stereocenters. The van der Waals surface area contributed by atoms with Crippen LogP contribution in [-0.4, -0.2) is 47.0 Å². The summed E-state index contributed by atoms with van der Waals surface area (Å²) in [5.41, 5.74) is -0.769. The molecular formula is C23H22F3N5O3. The summed E-state index contributed by atoms with van der Waals surface area (Å²) >= 11 is 0. The van der Waals surface area contributed by atoms with Gasteiger partial charge >= 0.3 is 6.18 Å². The van der Waals surface area contributed by atoms with E-state index in [1.165, 1.54) is 25.1 Å². The fourth-order valence-corrected chi connectivity index (χ4v) is 3.67. The van der Waals surface area contributed by atoms with Crippen LogP contribution in [0, 0.1) is 6.92 Å². The van der Waals surface area contributed by atoms with Crippen molar-refractivity contribution < 1.29 is 22.7 Å². The molecule has 1 aromatic carbocycles. The number of hydrogen-bond donors (Lipinski definition) is 1. The van der Waals surface area contributed by atoms with Gasteiger partial charge in [-0.1, -0.05) is 12.1 Å². The number of pyridine rings is 1.